The highest BCUT2D eigenvalue weighted by molar-refractivity contribution is 6.08. The lowest BCUT2D eigenvalue weighted by atomic mass is 9.94. The Balaban J connectivity index is 2.08. The molecule has 0 saturated carbocycles. The molecule has 0 fully saturated rings. The van der Waals surface area contributed by atoms with E-state index in [4.69, 9.17) is 10.5 Å². The van der Waals surface area contributed by atoms with Crippen LogP contribution in [-0.4, -0.2) is 33.7 Å². The SMILES string of the molecule is Nc1[nH]c(=O)c(C(=O)O)c(-c2ccccc2OCCc2ccccc2)c1C(=O)O. The zero-order valence-corrected chi connectivity index (χ0v) is 15.2. The maximum Gasteiger partial charge on any atom is 0.342 e. The summed E-state index contributed by atoms with van der Waals surface area (Å²) in [5.74, 6) is -3.21. The Morgan fingerprint density at radius 1 is 0.931 bits per heavy atom. The van der Waals surface area contributed by atoms with Gasteiger partial charge in [-0.3, -0.25) is 4.79 Å². The molecule has 0 radical (unpaired) electrons. The van der Waals surface area contributed by atoms with Crippen LogP contribution in [-0.2, 0) is 6.42 Å². The Hall–Kier alpha value is -4.07. The number of benzene rings is 2. The van der Waals surface area contributed by atoms with E-state index >= 15 is 0 Å². The molecule has 1 aromatic heterocycles. The molecular weight excluding hydrogens is 376 g/mol. The van der Waals surface area contributed by atoms with Crippen LogP contribution < -0.4 is 16.0 Å². The molecule has 0 amide bonds. The highest BCUT2D eigenvalue weighted by atomic mass is 16.5. The van der Waals surface area contributed by atoms with Crippen LogP contribution in [0, 0.1) is 0 Å². The molecule has 8 nitrogen and oxygen atoms in total. The number of ether oxygens (including phenoxy) is 1. The van der Waals surface area contributed by atoms with E-state index in [1.54, 1.807) is 18.2 Å². The number of nitrogens with one attached hydrogen (secondary N) is 1. The molecule has 0 aliphatic heterocycles. The number of carboxylic acids is 2. The number of rotatable bonds is 7. The Labute approximate surface area is 165 Å². The number of hydrogen-bond acceptors (Lipinski definition) is 5. The van der Waals surface area contributed by atoms with Crippen molar-refractivity contribution in [1.29, 1.82) is 0 Å². The number of H-pyrrole nitrogens is 1. The van der Waals surface area contributed by atoms with Gasteiger partial charge in [0.15, 0.2) is 0 Å². The second-order valence-corrected chi connectivity index (χ2v) is 6.18. The van der Waals surface area contributed by atoms with E-state index in [-0.39, 0.29) is 23.5 Å². The summed E-state index contributed by atoms with van der Waals surface area (Å²) in [4.78, 5) is 37.8. The molecular formula is C21H18N2O6. The fourth-order valence-corrected chi connectivity index (χ4v) is 3.04. The smallest absolute Gasteiger partial charge is 0.342 e. The van der Waals surface area contributed by atoms with Crippen LogP contribution in [0.5, 0.6) is 5.75 Å². The van der Waals surface area contributed by atoms with E-state index < -0.39 is 34.4 Å². The average Bonchev–Trinajstić information content (AvgIpc) is 2.68. The summed E-state index contributed by atoms with van der Waals surface area (Å²) < 4.78 is 5.81. The first kappa shape index (κ1) is 19.7. The molecule has 0 aliphatic rings. The van der Waals surface area contributed by atoms with Crippen LogP contribution >= 0.6 is 0 Å². The van der Waals surface area contributed by atoms with Crippen LogP contribution in [0.4, 0.5) is 5.82 Å². The fraction of sp³-hybridized carbons (Fsp3) is 0.0952. The molecule has 0 saturated heterocycles. The molecule has 3 rings (SSSR count). The summed E-state index contributed by atoms with van der Waals surface area (Å²) in [6, 6.07) is 15.9. The van der Waals surface area contributed by atoms with Crippen molar-refractivity contribution >= 4 is 17.8 Å². The highest BCUT2D eigenvalue weighted by Gasteiger charge is 2.28. The lowest BCUT2D eigenvalue weighted by molar-refractivity contribution is 0.0695. The normalized spacial score (nSPS) is 10.5. The van der Waals surface area contributed by atoms with Crippen LogP contribution in [0.25, 0.3) is 11.1 Å². The van der Waals surface area contributed by atoms with Gasteiger partial charge in [-0.2, -0.15) is 0 Å². The van der Waals surface area contributed by atoms with Crippen molar-refractivity contribution in [2.24, 2.45) is 0 Å². The summed E-state index contributed by atoms with van der Waals surface area (Å²) >= 11 is 0. The molecule has 0 unspecified atom stereocenters. The number of nitrogens with two attached hydrogens (primary N) is 1. The Morgan fingerprint density at radius 2 is 1.55 bits per heavy atom. The zero-order valence-electron chi connectivity index (χ0n) is 15.2. The predicted octanol–water partition coefficient (Wildman–Crippen LogP) is 2.64. The Morgan fingerprint density at radius 3 is 2.21 bits per heavy atom. The molecule has 0 spiro atoms. The van der Waals surface area contributed by atoms with Gasteiger partial charge in [0.25, 0.3) is 5.56 Å². The Kier molecular flexibility index (Phi) is 5.64. The van der Waals surface area contributed by atoms with Gasteiger partial charge >= 0.3 is 11.9 Å². The molecule has 8 heteroatoms. The first-order valence-electron chi connectivity index (χ1n) is 8.68. The number of hydrogen-bond donors (Lipinski definition) is 4. The molecule has 29 heavy (non-hydrogen) atoms. The predicted molar refractivity (Wildman–Crippen MR) is 106 cm³/mol. The van der Waals surface area contributed by atoms with Gasteiger partial charge < -0.3 is 25.7 Å². The summed E-state index contributed by atoms with van der Waals surface area (Å²) in [6.07, 6.45) is 0.588. The number of carbonyl (C=O) groups is 2. The highest BCUT2D eigenvalue weighted by Crippen LogP contribution is 2.35. The number of carboxylic acid groups (broad SMARTS) is 2. The quantitative estimate of drug-likeness (QED) is 0.482. The summed E-state index contributed by atoms with van der Waals surface area (Å²) in [6.45, 7) is 0.268. The van der Waals surface area contributed by atoms with Gasteiger partial charge in [0.1, 0.15) is 22.7 Å². The van der Waals surface area contributed by atoms with Crippen LogP contribution in [0.1, 0.15) is 26.3 Å². The number of nitrogen functional groups attached to an aromatic ring is 1. The minimum Gasteiger partial charge on any atom is -0.493 e. The van der Waals surface area contributed by atoms with Crippen molar-refractivity contribution in [3.05, 3.63) is 81.6 Å². The van der Waals surface area contributed by atoms with Crippen molar-refractivity contribution in [2.45, 2.75) is 6.42 Å². The lowest BCUT2D eigenvalue weighted by Gasteiger charge is -2.16. The van der Waals surface area contributed by atoms with E-state index in [1.165, 1.54) is 6.07 Å². The average molecular weight is 394 g/mol. The molecule has 148 valence electrons. The van der Waals surface area contributed by atoms with Gasteiger partial charge in [0.05, 0.1) is 6.61 Å². The Bertz CT molecular complexity index is 1120. The minimum atomic E-state index is -1.57. The first-order valence-corrected chi connectivity index (χ1v) is 8.68. The van der Waals surface area contributed by atoms with Crippen molar-refractivity contribution in [1.82, 2.24) is 4.98 Å². The second kappa shape index (κ2) is 8.30. The van der Waals surface area contributed by atoms with E-state index in [0.717, 1.165) is 5.56 Å². The maximum absolute atomic E-state index is 12.2. The standard InChI is InChI=1S/C21H18N2O6/c22-18-16(20(25)26)15(17(21(27)28)19(24)23-18)13-8-4-5-9-14(13)29-11-10-12-6-2-1-3-7-12/h1-9H,10-11H2,(H,25,26)(H,27,28)(H3,22,23,24). The van der Waals surface area contributed by atoms with E-state index in [9.17, 15) is 24.6 Å². The van der Waals surface area contributed by atoms with Gasteiger partial charge in [-0.15, -0.1) is 0 Å². The van der Waals surface area contributed by atoms with Crippen molar-refractivity contribution in [3.63, 3.8) is 0 Å². The summed E-state index contributed by atoms with van der Waals surface area (Å²) in [7, 11) is 0. The maximum atomic E-state index is 12.2. The second-order valence-electron chi connectivity index (χ2n) is 6.18. The van der Waals surface area contributed by atoms with Gasteiger partial charge in [-0.25, -0.2) is 9.59 Å². The third-order valence-electron chi connectivity index (χ3n) is 4.32. The van der Waals surface area contributed by atoms with Gasteiger partial charge in [-0.05, 0) is 11.6 Å². The molecule has 1 heterocycles. The molecule has 3 aromatic rings. The van der Waals surface area contributed by atoms with Gasteiger partial charge in [0.2, 0.25) is 0 Å². The monoisotopic (exact) mass is 394 g/mol. The van der Waals surface area contributed by atoms with E-state index in [0.29, 0.717) is 6.42 Å². The number of aromatic carboxylic acids is 2. The summed E-state index contributed by atoms with van der Waals surface area (Å²) in [5.41, 5.74) is 4.40. The van der Waals surface area contributed by atoms with E-state index in [1.807, 2.05) is 30.3 Å². The number of pyridine rings is 1. The molecule has 2 aromatic carbocycles. The zero-order chi connectivity index (χ0) is 21.0. The number of aromatic nitrogens is 1. The van der Waals surface area contributed by atoms with Crippen molar-refractivity contribution < 1.29 is 24.5 Å². The third kappa shape index (κ3) is 4.11. The van der Waals surface area contributed by atoms with Crippen molar-refractivity contribution in [3.8, 4) is 16.9 Å². The first-order chi connectivity index (χ1) is 13.9. The lowest BCUT2D eigenvalue weighted by Crippen LogP contribution is -2.24. The van der Waals surface area contributed by atoms with Gasteiger partial charge in [0, 0.05) is 17.5 Å². The van der Waals surface area contributed by atoms with E-state index in [2.05, 4.69) is 4.98 Å². The number of para-hydroxylation sites is 1. The number of anilines is 1. The summed E-state index contributed by atoms with van der Waals surface area (Å²) in [5, 5.41) is 19.1. The molecule has 0 bridgehead atoms. The number of aromatic amines is 1. The molecule has 5 N–H and O–H groups in total. The van der Waals surface area contributed by atoms with Crippen LogP contribution in [0.2, 0.25) is 0 Å². The fourth-order valence-electron chi connectivity index (χ4n) is 3.04. The minimum absolute atomic E-state index is 0.160. The van der Waals surface area contributed by atoms with Gasteiger partial charge in [-0.1, -0.05) is 48.5 Å². The molecule has 0 aliphatic carbocycles. The topological polar surface area (TPSA) is 143 Å². The molecule has 0 atom stereocenters. The van der Waals surface area contributed by atoms with Crippen LogP contribution in [0.15, 0.2) is 59.4 Å². The van der Waals surface area contributed by atoms with Crippen molar-refractivity contribution in [2.75, 3.05) is 12.3 Å². The largest absolute Gasteiger partial charge is 0.493 e. The third-order valence-corrected chi connectivity index (χ3v) is 4.32. The van der Waals surface area contributed by atoms with Crippen LogP contribution in [0.3, 0.4) is 0 Å².